The van der Waals surface area contributed by atoms with Gasteiger partial charge >= 0.3 is 0 Å². The maximum absolute atomic E-state index is 12.5. The number of rotatable bonds is 0. The Morgan fingerprint density at radius 1 is 1.45 bits per heavy atom. The zero-order valence-electron chi connectivity index (χ0n) is 5.31. The highest BCUT2D eigenvalue weighted by Crippen LogP contribution is 2.18. The van der Waals surface area contributed by atoms with E-state index >= 15 is 0 Å². The van der Waals surface area contributed by atoms with E-state index in [0.717, 1.165) is 0 Å². The molecule has 11 heavy (non-hydrogen) atoms. The first-order chi connectivity index (χ1) is 5.27. The molecule has 0 saturated carbocycles. The molecule has 0 spiro atoms. The molecule has 2 heterocycles. The first-order valence-corrected chi connectivity index (χ1v) is 3.30. The third-order valence-corrected chi connectivity index (χ3v) is 1.65. The van der Waals surface area contributed by atoms with Crippen molar-refractivity contribution in [2.24, 2.45) is 0 Å². The molecule has 2 aromatic heterocycles. The number of hydrogen-bond acceptors (Lipinski definition) is 2. The molecule has 0 unspecified atom stereocenters. The second-order valence-corrected chi connectivity index (χ2v) is 2.40. The molecule has 2 rings (SSSR count). The van der Waals surface area contributed by atoms with Crippen LogP contribution in [0.3, 0.4) is 0 Å². The van der Waals surface area contributed by atoms with E-state index in [0.29, 0.717) is 11.0 Å². The molecule has 0 atom stereocenters. The molecule has 0 amide bonds. The highest BCUT2D eigenvalue weighted by Gasteiger charge is 2.04. The Hall–Kier alpha value is -1.16. The number of aromatic amines is 1. The van der Waals surface area contributed by atoms with Crippen LogP contribution in [0.1, 0.15) is 0 Å². The minimum atomic E-state index is -0.456. The Morgan fingerprint density at radius 2 is 2.27 bits per heavy atom. The number of H-pyrrole nitrogens is 1. The molecule has 0 aliphatic rings. The van der Waals surface area contributed by atoms with Gasteiger partial charge in [-0.1, -0.05) is 11.6 Å². The van der Waals surface area contributed by atoms with Gasteiger partial charge in [0.15, 0.2) is 5.95 Å². The number of hydrogen-bond donors (Lipinski definition) is 1. The molecule has 56 valence electrons. The van der Waals surface area contributed by atoms with Crippen LogP contribution in [-0.2, 0) is 0 Å². The van der Waals surface area contributed by atoms with Crippen LogP contribution in [-0.4, -0.2) is 15.0 Å². The average molecular weight is 172 g/mol. The average Bonchev–Trinajstić information content (AvgIpc) is 2.31. The van der Waals surface area contributed by atoms with Crippen molar-refractivity contribution in [2.45, 2.75) is 0 Å². The Bertz CT molecular complexity index is 398. The molecule has 3 nitrogen and oxygen atoms in total. The van der Waals surface area contributed by atoms with Crippen molar-refractivity contribution in [3.8, 4) is 0 Å². The van der Waals surface area contributed by atoms with E-state index in [9.17, 15) is 4.39 Å². The van der Waals surface area contributed by atoms with Gasteiger partial charge in [-0.15, -0.1) is 0 Å². The second-order valence-electron chi connectivity index (χ2n) is 2.04. The van der Waals surface area contributed by atoms with Crippen molar-refractivity contribution in [2.75, 3.05) is 0 Å². The van der Waals surface area contributed by atoms with Crippen LogP contribution >= 0.6 is 11.6 Å². The van der Waals surface area contributed by atoms with E-state index in [1.54, 1.807) is 0 Å². The summed E-state index contributed by atoms with van der Waals surface area (Å²) in [7, 11) is 0. The van der Waals surface area contributed by atoms with Crippen molar-refractivity contribution in [1.29, 1.82) is 0 Å². The molecule has 0 saturated heterocycles. The number of nitrogens with one attached hydrogen (secondary N) is 1. The summed E-state index contributed by atoms with van der Waals surface area (Å²) in [6.45, 7) is 0. The van der Waals surface area contributed by atoms with E-state index < -0.39 is 5.95 Å². The van der Waals surface area contributed by atoms with E-state index in [1.165, 1.54) is 12.4 Å². The minimum absolute atomic E-state index is 0.259. The standard InChI is InChI=1S/C6H3ClFN3/c7-5-3-1-4(8)11-6(3)10-2-9-5/h1-2H,(H,9,10,11). The maximum atomic E-state index is 12.5. The van der Waals surface area contributed by atoms with E-state index in [4.69, 9.17) is 11.6 Å². The number of fused-ring (bicyclic) bond motifs is 1. The number of aromatic nitrogens is 3. The molecule has 1 N–H and O–H groups in total. The van der Waals surface area contributed by atoms with Crippen LogP contribution in [0.4, 0.5) is 4.39 Å². The highest BCUT2D eigenvalue weighted by atomic mass is 35.5. The van der Waals surface area contributed by atoms with Crippen molar-refractivity contribution in [3.63, 3.8) is 0 Å². The van der Waals surface area contributed by atoms with Crippen LogP contribution in [0.2, 0.25) is 5.15 Å². The van der Waals surface area contributed by atoms with E-state index in [1.807, 2.05) is 0 Å². The SMILES string of the molecule is Fc1cc2c(Cl)ncnc2[nH]1. The molecule has 0 aromatic carbocycles. The van der Waals surface area contributed by atoms with Gasteiger partial charge in [-0.3, -0.25) is 0 Å². The van der Waals surface area contributed by atoms with Crippen molar-refractivity contribution >= 4 is 22.6 Å². The van der Waals surface area contributed by atoms with Gasteiger partial charge in [0.25, 0.3) is 0 Å². The topological polar surface area (TPSA) is 41.6 Å². The van der Waals surface area contributed by atoms with Gasteiger partial charge in [0.2, 0.25) is 0 Å². The Morgan fingerprint density at radius 3 is 3.00 bits per heavy atom. The monoisotopic (exact) mass is 171 g/mol. The summed E-state index contributed by atoms with van der Waals surface area (Å²) in [4.78, 5) is 9.86. The largest absolute Gasteiger partial charge is 0.316 e. The molecular weight excluding hydrogens is 169 g/mol. The van der Waals surface area contributed by atoms with Gasteiger partial charge in [-0.2, -0.15) is 4.39 Å². The molecule has 0 fully saturated rings. The predicted molar refractivity (Wildman–Crippen MR) is 38.9 cm³/mol. The second kappa shape index (κ2) is 2.17. The van der Waals surface area contributed by atoms with E-state index in [2.05, 4.69) is 15.0 Å². The summed E-state index contributed by atoms with van der Waals surface area (Å²) in [5.74, 6) is -0.456. The fourth-order valence-electron chi connectivity index (χ4n) is 0.878. The van der Waals surface area contributed by atoms with Crippen LogP contribution in [0, 0.1) is 5.95 Å². The normalized spacial score (nSPS) is 10.7. The Balaban J connectivity index is 2.90. The summed E-state index contributed by atoms with van der Waals surface area (Å²) in [6.07, 6.45) is 1.28. The zero-order valence-corrected chi connectivity index (χ0v) is 6.06. The highest BCUT2D eigenvalue weighted by molar-refractivity contribution is 6.33. The quantitative estimate of drug-likeness (QED) is 0.614. The lowest BCUT2D eigenvalue weighted by molar-refractivity contribution is 0.594. The van der Waals surface area contributed by atoms with Gasteiger partial charge < -0.3 is 4.98 Å². The summed E-state index contributed by atoms with van der Waals surface area (Å²) < 4.78 is 12.5. The first kappa shape index (κ1) is 6.54. The summed E-state index contributed by atoms with van der Waals surface area (Å²) in [5.41, 5.74) is 0.419. The summed E-state index contributed by atoms with van der Waals surface area (Å²) >= 11 is 5.63. The Labute approximate surface area is 66.2 Å². The molecule has 5 heteroatoms. The lowest BCUT2D eigenvalue weighted by atomic mass is 10.4. The molecule has 0 aliphatic heterocycles. The lowest BCUT2D eigenvalue weighted by Crippen LogP contribution is -1.79. The zero-order chi connectivity index (χ0) is 7.84. The predicted octanol–water partition coefficient (Wildman–Crippen LogP) is 1.75. The molecule has 2 aromatic rings. The van der Waals surface area contributed by atoms with Crippen LogP contribution in [0.5, 0.6) is 0 Å². The smallest absolute Gasteiger partial charge is 0.193 e. The van der Waals surface area contributed by atoms with Crippen molar-refractivity contribution < 1.29 is 4.39 Å². The van der Waals surface area contributed by atoms with Crippen LogP contribution in [0.25, 0.3) is 11.0 Å². The third kappa shape index (κ3) is 0.952. The van der Waals surface area contributed by atoms with Crippen molar-refractivity contribution in [1.82, 2.24) is 15.0 Å². The lowest BCUT2D eigenvalue weighted by Gasteiger charge is -1.87. The molecular formula is C6H3ClFN3. The first-order valence-electron chi connectivity index (χ1n) is 2.92. The fourth-order valence-corrected chi connectivity index (χ4v) is 1.07. The summed E-state index contributed by atoms with van der Waals surface area (Å²) in [6, 6.07) is 1.26. The maximum Gasteiger partial charge on any atom is 0.193 e. The van der Waals surface area contributed by atoms with E-state index in [-0.39, 0.29) is 5.15 Å². The van der Waals surface area contributed by atoms with Gasteiger partial charge in [-0.25, -0.2) is 9.97 Å². The number of nitrogens with zero attached hydrogens (tertiary/aromatic N) is 2. The molecule has 0 radical (unpaired) electrons. The van der Waals surface area contributed by atoms with Gasteiger partial charge in [0.1, 0.15) is 17.1 Å². The minimum Gasteiger partial charge on any atom is -0.316 e. The van der Waals surface area contributed by atoms with Gasteiger partial charge in [0.05, 0.1) is 5.39 Å². The van der Waals surface area contributed by atoms with Gasteiger partial charge in [0, 0.05) is 6.07 Å². The third-order valence-electron chi connectivity index (χ3n) is 1.34. The molecule has 0 aliphatic carbocycles. The Kier molecular flexibility index (Phi) is 1.29. The van der Waals surface area contributed by atoms with Crippen molar-refractivity contribution in [3.05, 3.63) is 23.5 Å². The van der Waals surface area contributed by atoms with Crippen LogP contribution in [0.15, 0.2) is 12.4 Å². The number of halogens is 2. The van der Waals surface area contributed by atoms with Crippen LogP contribution < -0.4 is 0 Å². The molecule has 0 bridgehead atoms. The van der Waals surface area contributed by atoms with Gasteiger partial charge in [-0.05, 0) is 0 Å². The summed E-state index contributed by atoms with van der Waals surface area (Å²) in [5, 5.41) is 0.766. The fraction of sp³-hybridized carbons (Fsp3) is 0.